The van der Waals surface area contributed by atoms with E-state index < -0.39 is 6.43 Å². The summed E-state index contributed by atoms with van der Waals surface area (Å²) in [6.07, 6.45) is -0.925. The van der Waals surface area contributed by atoms with Gasteiger partial charge in [0.05, 0.1) is 30.9 Å². The molecule has 3 aromatic rings. The van der Waals surface area contributed by atoms with Crippen LogP contribution in [0.15, 0.2) is 35.6 Å². The number of pyridine rings is 1. The van der Waals surface area contributed by atoms with Crippen molar-refractivity contribution in [2.45, 2.75) is 17.3 Å². The molecule has 2 heterocycles. The zero-order valence-electron chi connectivity index (χ0n) is 13.6. The van der Waals surface area contributed by atoms with Gasteiger partial charge < -0.3 is 15.3 Å². The predicted molar refractivity (Wildman–Crippen MR) is 91.7 cm³/mol. The second kappa shape index (κ2) is 7.14. The minimum Gasteiger partial charge on any atom is -0.493 e. The minimum atomic E-state index is -2.55. The number of methoxy groups -OCH3 is 2. The summed E-state index contributed by atoms with van der Waals surface area (Å²) >= 11 is 1.33. The van der Waals surface area contributed by atoms with Gasteiger partial charge in [0.15, 0.2) is 16.7 Å². The van der Waals surface area contributed by atoms with Crippen LogP contribution in [0.4, 0.5) is 8.78 Å². The van der Waals surface area contributed by atoms with Crippen molar-refractivity contribution >= 4 is 22.8 Å². The molecule has 9 heteroatoms. The van der Waals surface area contributed by atoms with Crippen LogP contribution in [0.25, 0.3) is 11.0 Å². The molecule has 1 aromatic carbocycles. The van der Waals surface area contributed by atoms with Crippen molar-refractivity contribution in [1.82, 2.24) is 14.6 Å². The highest BCUT2D eigenvalue weighted by molar-refractivity contribution is 7.98. The van der Waals surface area contributed by atoms with Crippen molar-refractivity contribution in [3.63, 3.8) is 0 Å². The molecular weight excluding hydrogens is 350 g/mol. The Bertz CT molecular complexity index is 901. The first-order chi connectivity index (χ1) is 12.0. The first-order valence-electron chi connectivity index (χ1n) is 7.29. The van der Waals surface area contributed by atoms with E-state index in [1.807, 2.05) is 0 Å². The van der Waals surface area contributed by atoms with Crippen molar-refractivity contribution in [3.8, 4) is 11.5 Å². The maximum absolute atomic E-state index is 12.8. The molecule has 2 N–H and O–H groups in total. The van der Waals surface area contributed by atoms with Gasteiger partial charge in [0.25, 0.3) is 6.43 Å². The highest BCUT2D eigenvalue weighted by atomic mass is 32.2. The van der Waals surface area contributed by atoms with Crippen LogP contribution in [0, 0.1) is 0 Å². The second-order valence-corrected chi connectivity index (χ2v) is 6.04. The Labute approximate surface area is 146 Å². The molecule has 0 aliphatic rings. The van der Waals surface area contributed by atoms with Gasteiger partial charge in [-0.15, -0.1) is 0 Å². The van der Waals surface area contributed by atoms with Crippen molar-refractivity contribution in [2.24, 2.45) is 0 Å². The number of hydrogen-bond donors (Lipinski definition) is 1. The largest absolute Gasteiger partial charge is 0.493 e. The number of nitrogens with zero attached hydrogens (tertiary/aromatic N) is 3. The Kier molecular flexibility index (Phi) is 4.93. The number of hydrogen-bond acceptors (Lipinski definition) is 6. The standard InChI is InChI=1S/C16H16F2N4O2S/c1-23-13-5-6-20-11(14(13)24-2)8-25-16-21-10-7-9(15(17)18)3-4-12(10)22(16)19/h3-7,15H,8,19H2,1-2H3. The van der Waals surface area contributed by atoms with Crippen LogP contribution in [-0.4, -0.2) is 28.9 Å². The fraction of sp³-hybridized carbons (Fsp3) is 0.250. The lowest BCUT2D eigenvalue weighted by Gasteiger charge is -2.11. The highest BCUT2D eigenvalue weighted by Gasteiger charge is 2.16. The molecule has 25 heavy (non-hydrogen) atoms. The van der Waals surface area contributed by atoms with Crippen molar-refractivity contribution in [2.75, 3.05) is 20.1 Å². The zero-order chi connectivity index (χ0) is 18.0. The Morgan fingerprint density at radius 2 is 2.04 bits per heavy atom. The monoisotopic (exact) mass is 366 g/mol. The van der Waals surface area contributed by atoms with E-state index in [4.69, 9.17) is 15.3 Å². The van der Waals surface area contributed by atoms with Crippen molar-refractivity contribution in [3.05, 3.63) is 41.7 Å². The molecule has 0 spiro atoms. The van der Waals surface area contributed by atoms with Gasteiger partial charge in [-0.1, -0.05) is 17.8 Å². The molecule has 132 valence electrons. The summed E-state index contributed by atoms with van der Waals surface area (Å²) in [7, 11) is 3.09. The normalized spacial score (nSPS) is 11.2. The summed E-state index contributed by atoms with van der Waals surface area (Å²) in [5.74, 6) is 7.58. The number of aromatic nitrogens is 3. The molecule has 0 amide bonds. The molecular formula is C16H16F2N4O2S. The minimum absolute atomic E-state index is 0.0849. The predicted octanol–water partition coefficient (Wildman–Crippen LogP) is 3.39. The van der Waals surface area contributed by atoms with E-state index in [-0.39, 0.29) is 5.56 Å². The van der Waals surface area contributed by atoms with E-state index in [2.05, 4.69) is 9.97 Å². The maximum Gasteiger partial charge on any atom is 0.263 e. The molecule has 0 bridgehead atoms. The molecule has 0 aliphatic heterocycles. The van der Waals surface area contributed by atoms with Gasteiger partial charge in [-0.05, 0) is 12.1 Å². The molecule has 0 unspecified atom stereocenters. The van der Waals surface area contributed by atoms with Crippen LogP contribution < -0.4 is 15.3 Å². The van der Waals surface area contributed by atoms with E-state index in [0.29, 0.717) is 39.1 Å². The van der Waals surface area contributed by atoms with Crippen molar-refractivity contribution in [1.29, 1.82) is 0 Å². The lowest BCUT2D eigenvalue weighted by atomic mass is 10.2. The first-order valence-corrected chi connectivity index (χ1v) is 8.28. The van der Waals surface area contributed by atoms with Crippen LogP contribution in [-0.2, 0) is 5.75 Å². The first kappa shape index (κ1) is 17.3. The molecule has 0 fully saturated rings. The van der Waals surface area contributed by atoms with Gasteiger partial charge in [-0.2, -0.15) is 0 Å². The van der Waals surface area contributed by atoms with Gasteiger partial charge >= 0.3 is 0 Å². The van der Waals surface area contributed by atoms with Crippen LogP contribution in [0.5, 0.6) is 11.5 Å². The number of alkyl halides is 2. The topological polar surface area (TPSA) is 75.2 Å². The highest BCUT2D eigenvalue weighted by Crippen LogP contribution is 2.34. The lowest BCUT2D eigenvalue weighted by molar-refractivity contribution is 0.151. The Morgan fingerprint density at radius 3 is 2.72 bits per heavy atom. The number of fused-ring (bicyclic) bond motifs is 1. The third-order valence-corrected chi connectivity index (χ3v) is 4.60. The SMILES string of the molecule is COc1ccnc(CSc2nc3cc(C(F)F)ccc3n2N)c1OC. The average Bonchev–Trinajstić information content (AvgIpc) is 2.94. The number of imidazole rings is 1. The summed E-state index contributed by atoms with van der Waals surface area (Å²) in [5.41, 5.74) is 1.59. The summed E-state index contributed by atoms with van der Waals surface area (Å²) < 4.78 is 37.6. The number of ether oxygens (including phenoxy) is 2. The number of nitrogens with two attached hydrogens (primary N) is 1. The van der Waals surface area contributed by atoms with Gasteiger partial charge in [-0.3, -0.25) is 4.98 Å². The lowest BCUT2D eigenvalue weighted by Crippen LogP contribution is -2.09. The zero-order valence-corrected chi connectivity index (χ0v) is 14.4. The quantitative estimate of drug-likeness (QED) is 0.532. The molecule has 0 radical (unpaired) electrons. The molecule has 3 rings (SSSR count). The Hall–Kier alpha value is -2.55. The fourth-order valence-electron chi connectivity index (χ4n) is 2.42. The summed E-state index contributed by atoms with van der Waals surface area (Å²) in [4.78, 5) is 8.63. The number of halogens is 2. The third kappa shape index (κ3) is 3.32. The van der Waals surface area contributed by atoms with E-state index in [1.54, 1.807) is 19.4 Å². The van der Waals surface area contributed by atoms with Crippen LogP contribution in [0.1, 0.15) is 17.7 Å². The summed E-state index contributed by atoms with van der Waals surface area (Å²) in [6, 6.07) is 5.94. The maximum atomic E-state index is 12.8. The number of thioether (sulfide) groups is 1. The molecule has 0 aliphatic carbocycles. The molecule has 2 aromatic heterocycles. The van der Waals surface area contributed by atoms with Gasteiger partial charge in [0.2, 0.25) is 0 Å². The molecule has 0 saturated carbocycles. The fourth-order valence-corrected chi connectivity index (χ4v) is 3.29. The number of rotatable bonds is 6. The summed E-state index contributed by atoms with van der Waals surface area (Å²) in [6.45, 7) is 0. The Balaban J connectivity index is 1.88. The van der Waals surface area contributed by atoms with Gasteiger partial charge in [-0.25, -0.2) is 18.4 Å². The van der Waals surface area contributed by atoms with E-state index in [9.17, 15) is 8.78 Å². The van der Waals surface area contributed by atoms with Crippen LogP contribution in [0.2, 0.25) is 0 Å². The van der Waals surface area contributed by atoms with E-state index in [1.165, 1.54) is 41.7 Å². The molecule has 0 saturated heterocycles. The number of benzene rings is 1. The van der Waals surface area contributed by atoms with E-state index >= 15 is 0 Å². The molecule has 6 nitrogen and oxygen atoms in total. The molecule has 0 atom stereocenters. The van der Waals surface area contributed by atoms with Crippen LogP contribution in [0.3, 0.4) is 0 Å². The summed E-state index contributed by atoms with van der Waals surface area (Å²) in [5, 5.41) is 0.494. The van der Waals surface area contributed by atoms with E-state index in [0.717, 1.165) is 0 Å². The van der Waals surface area contributed by atoms with Crippen LogP contribution >= 0.6 is 11.8 Å². The smallest absolute Gasteiger partial charge is 0.263 e. The second-order valence-electron chi connectivity index (χ2n) is 5.10. The van der Waals surface area contributed by atoms with Gasteiger partial charge in [0, 0.05) is 23.6 Å². The van der Waals surface area contributed by atoms with Gasteiger partial charge in [0.1, 0.15) is 0 Å². The Morgan fingerprint density at radius 1 is 1.24 bits per heavy atom. The average molecular weight is 366 g/mol. The number of nitrogen functional groups attached to an aromatic ring is 1. The van der Waals surface area contributed by atoms with Crippen molar-refractivity contribution < 1.29 is 18.3 Å². The third-order valence-electron chi connectivity index (χ3n) is 3.64.